The molecule has 0 unspecified atom stereocenters. The molecule has 0 radical (unpaired) electrons. The number of hydrogen-bond acceptors (Lipinski definition) is 5. The van der Waals surface area contributed by atoms with Gasteiger partial charge in [-0.3, -0.25) is 10.2 Å². The van der Waals surface area contributed by atoms with E-state index < -0.39 is 0 Å². The average Bonchev–Trinajstić information content (AvgIpc) is 2.76. The number of piperazine rings is 1. The fourth-order valence-corrected chi connectivity index (χ4v) is 3.95. The van der Waals surface area contributed by atoms with Gasteiger partial charge in [0.2, 0.25) is 0 Å². The van der Waals surface area contributed by atoms with E-state index in [1.165, 1.54) is 0 Å². The maximum atomic E-state index is 12.6. The second kappa shape index (κ2) is 9.24. The van der Waals surface area contributed by atoms with Crippen molar-refractivity contribution in [2.45, 2.75) is 18.9 Å². The first-order valence-electron chi connectivity index (χ1n) is 10.3. The third-order valence-corrected chi connectivity index (χ3v) is 5.76. The van der Waals surface area contributed by atoms with E-state index in [1.54, 1.807) is 12.3 Å². The monoisotopic (exact) mass is 395 g/mol. The first kappa shape index (κ1) is 19.7. The molecule has 0 saturated carbocycles. The molecule has 0 aliphatic carbocycles. The summed E-state index contributed by atoms with van der Waals surface area (Å²) in [4.78, 5) is 23.8. The van der Waals surface area contributed by atoms with Gasteiger partial charge in [0.1, 0.15) is 17.3 Å². The molecular weight excluding hydrogens is 366 g/mol. The second-order valence-corrected chi connectivity index (χ2v) is 7.78. The van der Waals surface area contributed by atoms with Crippen molar-refractivity contribution in [3.8, 4) is 11.5 Å². The zero-order valence-electron chi connectivity index (χ0n) is 17.0. The number of ether oxygens (including phenoxy) is 1. The number of pyridine rings is 1. The number of piperidine rings is 1. The minimum atomic E-state index is -0.0777. The molecule has 0 bridgehead atoms. The van der Waals surface area contributed by atoms with Gasteiger partial charge in [0, 0.05) is 45.3 Å². The lowest BCUT2D eigenvalue weighted by Crippen LogP contribution is -2.53. The Morgan fingerprint density at radius 3 is 2.34 bits per heavy atom. The summed E-state index contributed by atoms with van der Waals surface area (Å²) in [5, 5.41) is 2.90. The smallest absolute Gasteiger partial charge is 0.323 e. The number of carbonyl (C=O) groups excluding carboxylic acids is 1. The predicted octanol–water partition coefficient (Wildman–Crippen LogP) is 3.12. The Kier molecular flexibility index (Phi) is 6.27. The maximum absolute atomic E-state index is 12.6. The maximum Gasteiger partial charge on any atom is 0.323 e. The number of aromatic nitrogens is 1. The van der Waals surface area contributed by atoms with Crippen LogP contribution in [-0.2, 0) is 0 Å². The quantitative estimate of drug-likeness (QED) is 0.862. The van der Waals surface area contributed by atoms with Crippen LogP contribution in [0.1, 0.15) is 12.8 Å². The largest absolute Gasteiger partial charge is 0.456 e. The van der Waals surface area contributed by atoms with E-state index in [1.807, 2.05) is 41.3 Å². The van der Waals surface area contributed by atoms with Crippen molar-refractivity contribution in [3.05, 3.63) is 48.7 Å². The molecular formula is C22H29N5O2. The molecule has 2 aliphatic heterocycles. The Labute approximate surface area is 172 Å². The number of urea groups is 1. The molecule has 7 heteroatoms. The molecule has 1 aromatic carbocycles. The van der Waals surface area contributed by atoms with Gasteiger partial charge >= 0.3 is 6.03 Å². The number of likely N-dealkylation sites (N-methyl/N-ethyl adjacent to an activating group) is 1. The van der Waals surface area contributed by atoms with Crippen LogP contribution in [0, 0.1) is 0 Å². The highest BCUT2D eigenvalue weighted by molar-refractivity contribution is 5.88. The number of likely N-dealkylation sites (tertiary alicyclic amines) is 1. The molecule has 1 aromatic heterocycles. The minimum absolute atomic E-state index is 0.0777. The number of carbonyl (C=O) groups is 1. The van der Waals surface area contributed by atoms with E-state index in [-0.39, 0.29) is 6.03 Å². The van der Waals surface area contributed by atoms with Gasteiger partial charge < -0.3 is 14.5 Å². The Hall–Kier alpha value is -2.64. The van der Waals surface area contributed by atoms with Crippen molar-refractivity contribution in [1.29, 1.82) is 0 Å². The molecule has 1 N–H and O–H groups in total. The van der Waals surface area contributed by atoms with Crippen molar-refractivity contribution in [2.75, 3.05) is 51.6 Å². The van der Waals surface area contributed by atoms with Crippen LogP contribution in [0.15, 0.2) is 48.7 Å². The summed E-state index contributed by atoms with van der Waals surface area (Å²) in [7, 11) is 2.18. The number of rotatable bonds is 4. The molecule has 29 heavy (non-hydrogen) atoms. The molecule has 4 rings (SSSR count). The number of anilines is 1. The van der Waals surface area contributed by atoms with Crippen LogP contribution < -0.4 is 10.1 Å². The topological polar surface area (TPSA) is 60.9 Å². The molecule has 154 valence electrons. The third kappa shape index (κ3) is 5.25. The summed E-state index contributed by atoms with van der Waals surface area (Å²) in [5.74, 6) is 1.94. The summed E-state index contributed by atoms with van der Waals surface area (Å²) in [6, 6.07) is 13.7. The molecule has 3 heterocycles. The van der Waals surface area contributed by atoms with Crippen LogP contribution in [0.3, 0.4) is 0 Å². The van der Waals surface area contributed by atoms with Gasteiger partial charge in [0.15, 0.2) is 0 Å². The molecule has 7 nitrogen and oxygen atoms in total. The molecule has 2 aromatic rings. The second-order valence-electron chi connectivity index (χ2n) is 7.78. The Balaban J connectivity index is 1.24. The fourth-order valence-electron chi connectivity index (χ4n) is 3.95. The van der Waals surface area contributed by atoms with E-state index >= 15 is 0 Å². The standard InChI is InChI=1S/C22H29N5O2/c1-25-13-15-26(16-14-25)18-9-11-27(12-10-18)22(28)24-21-8-7-20(17-23-21)29-19-5-3-2-4-6-19/h2-8,17-18H,9-16H2,1H3,(H,23,24,28). The third-order valence-electron chi connectivity index (χ3n) is 5.76. The summed E-state index contributed by atoms with van der Waals surface area (Å²) in [5.41, 5.74) is 0. The lowest BCUT2D eigenvalue weighted by molar-refractivity contribution is 0.0765. The Morgan fingerprint density at radius 2 is 1.69 bits per heavy atom. The summed E-state index contributed by atoms with van der Waals surface area (Å²) < 4.78 is 5.74. The summed E-state index contributed by atoms with van der Waals surface area (Å²) in [6.45, 7) is 6.12. The van der Waals surface area contributed by atoms with E-state index in [4.69, 9.17) is 4.74 Å². The lowest BCUT2D eigenvalue weighted by Gasteiger charge is -2.42. The van der Waals surface area contributed by atoms with Gasteiger partial charge in [-0.2, -0.15) is 0 Å². The number of nitrogens with zero attached hydrogens (tertiary/aromatic N) is 4. The Bertz CT molecular complexity index is 783. The number of amides is 2. The highest BCUT2D eigenvalue weighted by Gasteiger charge is 2.28. The van der Waals surface area contributed by atoms with E-state index in [9.17, 15) is 4.79 Å². The lowest BCUT2D eigenvalue weighted by atomic mass is 10.0. The average molecular weight is 396 g/mol. The molecule has 2 amide bonds. The summed E-state index contributed by atoms with van der Waals surface area (Å²) in [6.07, 6.45) is 3.70. The summed E-state index contributed by atoms with van der Waals surface area (Å²) >= 11 is 0. The van der Waals surface area contributed by atoms with Crippen LogP contribution in [0.2, 0.25) is 0 Å². The fraction of sp³-hybridized carbons (Fsp3) is 0.455. The van der Waals surface area contributed by atoms with Crippen LogP contribution >= 0.6 is 0 Å². The van der Waals surface area contributed by atoms with E-state index in [0.717, 1.165) is 57.9 Å². The first-order valence-corrected chi connectivity index (χ1v) is 10.3. The first-order chi connectivity index (χ1) is 14.2. The van der Waals surface area contributed by atoms with Crippen LogP contribution in [0.4, 0.5) is 10.6 Å². The van der Waals surface area contributed by atoms with Crippen molar-refractivity contribution in [3.63, 3.8) is 0 Å². The number of benzene rings is 1. The SMILES string of the molecule is CN1CCN(C2CCN(C(=O)Nc3ccc(Oc4ccccc4)cn3)CC2)CC1. The highest BCUT2D eigenvalue weighted by atomic mass is 16.5. The number of hydrogen-bond donors (Lipinski definition) is 1. The zero-order valence-corrected chi connectivity index (χ0v) is 17.0. The van der Waals surface area contributed by atoms with Crippen molar-refractivity contribution >= 4 is 11.8 Å². The van der Waals surface area contributed by atoms with Crippen molar-refractivity contribution in [1.82, 2.24) is 19.7 Å². The van der Waals surface area contributed by atoms with E-state index in [0.29, 0.717) is 17.6 Å². The van der Waals surface area contributed by atoms with Gasteiger partial charge in [-0.1, -0.05) is 18.2 Å². The minimum Gasteiger partial charge on any atom is -0.456 e. The van der Waals surface area contributed by atoms with E-state index in [2.05, 4.69) is 27.1 Å². The van der Waals surface area contributed by atoms with Crippen LogP contribution in [0.25, 0.3) is 0 Å². The van der Waals surface area contributed by atoms with Gasteiger partial charge in [-0.25, -0.2) is 9.78 Å². The van der Waals surface area contributed by atoms with Crippen molar-refractivity contribution in [2.24, 2.45) is 0 Å². The van der Waals surface area contributed by atoms with Crippen molar-refractivity contribution < 1.29 is 9.53 Å². The molecule has 2 fully saturated rings. The molecule has 2 saturated heterocycles. The van der Waals surface area contributed by atoms with Gasteiger partial charge in [-0.05, 0) is 44.2 Å². The van der Waals surface area contributed by atoms with Crippen LogP contribution in [0.5, 0.6) is 11.5 Å². The predicted molar refractivity (Wildman–Crippen MR) is 113 cm³/mol. The highest BCUT2D eigenvalue weighted by Crippen LogP contribution is 2.22. The van der Waals surface area contributed by atoms with Gasteiger partial charge in [0.05, 0.1) is 6.20 Å². The molecule has 2 aliphatic rings. The van der Waals surface area contributed by atoms with Gasteiger partial charge in [-0.15, -0.1) is 0 Å². The normalized spacial score (nSPS) is 19.1. The van der Waals surface area contributed by atoms with Crippen LogP contribution in [-0.4, -0.2) is 78.1 Å². The molecule has 0 atom stereocenters. The Morgan fingerprint density at radius 1 is 0.966 bits per heavy atom. The zero-order chi connectivity index (χ0) is 20.1. The van der Waals surface area contributed by atoms with Gasteiger partial charge in [0.25, 0.3) is 0 Å². The molecule has 0 spiro atoms. The number of nitrogens with one attached hydrogen (secondary N) is 1. The number of para-hydroxylation sites is 1.